The molecule has 1 aliphatic carbocycles. The first-order chi connectivity index (χ1) is 14.9. The monoisotopic (exact) mass is 428 g/mol. The molecule has 1 aliphatic heterocycles. The maximum absolute atomic E-state index is 14.5. The molecule has 2 atom stereocenters. The summed E-state index contributed by atoms with van der Waals surface area (Å²) in [5.74, 6) is -0.958. The first-order valence-electron chi connectivity index (χ1n) is 10.8. The van der Waals surface area contributed by atoms with Gasteiger partial charge >= 0.3 is 0 Å². The van der Waals surface area contributed by atoms with Gasteiger partial charge in [-0.25, -0.2) is 13.8 Å². The van der Waals surface area contributed by atoms with Crippen LogP contribution in [0.15, 0.2) is 24.3 Å². The number of halogens is 2. The average Bonchev–Trinajstić information content (AvgIpc) is 2.77. The molecule has 2 N–H and O–H groups in total. The molecule has 6 nitrogen and oxygen atoms in total. The number of hydrogen-bond donors (Lipinski definition) is 2. The molecule has 2 fully saturated rings. The number of hydrogen-bond acceptors (Lipinski definition) is 5. The molecular formula is C23H26F2N4O2. The van der Waals surface area contributed by atoms with Gasteiger partial charge in [0.05, 0.1) is 12.1 Å². The highest BCUT2D eigenvalue weighted by molar-refractivity contribution is 5.96. The van der Waals surface area contributed by atoms with Crippen LogP contribution in [-0.2, 0) is 6.54 Å². The Morgan fingerprint density at radius 2 is 2.06 bits per heavy atom. The molecule has 1 saturated carbocycles. The van der Waals surface area contributed by atoms with E-state index in [1.807, 2.05) is 4.90 Å². The second-order valence-corrected chi connectivity index (χ2v) is 8.59. The van der Waals surface area contributed by atoms with Crippen molar-refractivity contribution in [3.63, 3.8) is 0 Å². The number of nitrogens with zero attached hydrogens (tertiary/aromatic N) is 3. The van der Waals surface area contributed by atoms with Crippen molar-refractivity contribution in [3.8, 4) is 6.07 Å². The summed E-state index contributed by atoms with van der Waals surface area (Å²) in [5, 5.41) is 22.6. The number of carbonyl (C=O) groups is 1. The Morgan fingerprint density at radius 3 is 2.77 bits per heavy atom. The standard InChI is InChI=1S/C23H26F2N4O2/c24-17-5-3-4-16-15(13-29-10-8-23(25,14-26)9-11-29)12-19(27-21(16)17)22(31)28-18-6-1-2-7-20(18)30/h3-5,12,18,20,30H,1-2,6-11,13H2,(H,28,31)/t18-,20-/m0/s1. The van der Waals surface area contributed by atoms with Crippen molar-refractivity contribution < 1.29 is 18.7 Å². The van der Waals surface area contributed by atoms with E-state index in [1.54, 1.807) is 24.3 Å². The Kier molecular flexibility index (Phi) is 6.17. The highest BCUT2D eigenvalue weighted by Gasteiger charge is 2.34. The van der Waals surface area contributed by atoms with E-state index in [1.165, 1.54) is 6.07 Å². The van der Waals surface area contributed by atoms with Crippen molar-refractivity contribution in [2.75, 3.05) is 13.1 Å². The van der Waals surface area contributed by atoms with E-state index >= 15 is 0 Å². The molecular weight excluding hydrogens is 402 g/mol. The summed E-state index contributed by atoms with van der Waals surface area (Å²) < 4.78 is 28.7. The summed E-state index contributed by atoms with van der Waals surface area (Å²) in [4.78, 5) is 19.1. The summed E-state index contributed by atoms with van der Waals surface area (Å²) in [6, 6.07) is 7.70. The third-order valence-corrected chi connectivity index (χ3v) is 6.40. The van der Waals surface area contributed by atoms with E-state index in [-0.39, 0.29) is 30.1 Å². The molecule has 0 radical (unpaired) electrons. The van der Waals surface area contributed by atoms with Gasteiger partial charge in [-0.15, -0.1) is 0 Å². The van der Waals surface area contributed by atoms with Crippen molar-refractivity contribution in [2.45, 2.75) is 62.9 Å². The quantitative estimate of drug-likeness (QED) is 0.781. The number of amides is 1. The Balaban J connectivity index is 1.60. The molecule has 164 valence electrons. The van der Waals surface area contributed by atoms with Gasteiger partial charge in [-0.2, -0.15) is 5.26 Å². The van der Waals surface area contributed by atoms with E-state index in [2.05, 4.69) is 10.3 Å². The predicted octanol–water partition coefficient (Wildman–Crippen LogP) is 3.23. The van der Waals surface area contributed by atoms with Gasteiger partial charge in [0.25, 0.3) is 5.91 Å². The number of benzene rings is 1. The number of likely N-dealkylation sites (tertiary alicyclic amines) is 1. The fourth-order valence-electron chi connectivity index (χ4n) is 4.47. The Bertz CT molecular complexity index is 1010. The number of carbonyl (C=O) groups excluding carboxylic acids is 1. The van der Waals surface area contributed by atoms with E-state index in [4.69, 9.17) is 5.26 Å². The van der Waals surface area contributed by atoms with Gasteiger partial charge in [0, 0.05) is 37.9 Å². The van der Waals surface area contributed by atoms with Crippen LogP contribution in [0.5, 0.6) is 0 Å². The number of pyridine rings is 1. The Labute approximate surface area is 179 Å². The first-order valence-corrected chi connectivity index (χ1v) is 10.8. The predicted molar refractivity (Wildman–Crippen MR) is 111 cm³/mol. The van der Waals surface area contributed by atoms with Gasteiger partial charge in [0.15, 0.2) is 5.67 Å². The molecule has 2 heterocycles. The molecule has 2 aromatic rings. The lowest BCUT2D eigenvalue weighted by Crippen LogP contribution is -2.45. The zero-order valence-electron chi connectivity index (χ0n) is 17.3. The summed E-state index contributed by atoms with van der Waals surface area (Å²) in [5.41, 5.74) is -0.862. The highest BCUT2D eigenvalue weighted by Crippen LogP contribution is 2.29. The first kappa shape index (κ1) is 21.6. The smallest absolute Gasteiger partial charge is 0.270 e. The number of aliphatic hydroxyl groups excluding tert-OH is 1. The van der Waals surface area contributed by atoms with E-state index < -0.39 is 23.5 Å². The minimum atomic E-state index is -1.80. The van der Waals surface area contributed by atoms with Crippen molar-refractivity contribution in [1.82, 2.24) is 15.2 Å². The minimum Gasteiger partial charge on any atom is -0.391 e. The zero-order valence-corrected chi connectivity index (χ0v) is 17.3. The van der Waals surface area contributed by atoms with Crippen LogP contribution in [0.1, 0.15) is 54.6 Å². The van der Waals surface area contributed by atoms with Crippen LogP contribution in [0, 0.1) is 17.1 Å². The SMILES string of the molecule is N#CC1(F)CCN(Cc2cc(C(=O)N[C@H]3CCCC[C@@H]3O)nc3c(F)cccc23)CC1. The van der Waals surface area contributed by atoms with Crippen LogP contribution in [-0.4, -0.2) is 51.8 Å². The van der Waals surface area contributed by atoms with Crippen molar-refractivity contribution in [3.05, 3.63) is 41.3 Å². The van der Waals surface area contributed by atoms with Crippen LogP contribution in [0.2, 0.25) is 0 Å². The Morgan fingerprint density at radius 1 is 1.32 bits per heavy atom. The molecule has 1 amide bonds. The van der Waals surface area contributed by atoms with Crippen molar-refractivity contribution in [1.29, 1.82) is 5.26 Å². The number of nitriles is 1. The van der Waals surface area contributed by atoms with Crippen LogP contribution in [0.3, 0.4) is 0 Å². The van der Waals surface area contributed by atoms with E-state index in [0.717, 1.165) is 18.4 Å². The second kappa shape index (κ2) is 8.85. The summed E-state index contributed by atoms with van der Waals surface area (Å²) in [6.45, 7) is 1.20. The molecule has 1 aromatic carbocycles. The summed E-state index contributed by atoms with van der Waals surface area (Å²) >= 11 is 0. The number of fused-ring (bicyclic) bond motifs is 1. The number of alkyl halides is 1. The number of rotatable bonds is 4. The summed E-state index contributed by atoms with van der Waals surface area (Å²) in [7, 11) is 0. The topological polar surface area (TPSA) is 89.2 Å². The lowest BCUT2D eigenvalue weighted by molar-refractivity contribution is 0.0714. The van der Waals surface area contributed by atoms with Gasteiger partial charge in [-0.05, 0) is 30.5 Å². The fraction of sp³-hybridized carbons (Fsp3) is 0.522. The number of aromatic nitrogens is 1. The normalized spacial score (nSPS) is 23.9. The molecule has 1 aromatic heterocycles. The molecule has 8 heteroatoms. The lowest BCUT2D eigenvalue weighted by Gasteiger charge is -2.32. The third kappa shape index (κ3) is 4.68. The molecule has 31 heavy (non-hydrogen) atoms. The van der Waals surface area contributed by atoms with Crippen LogP contribution in [0.25, 0.3) is 10.9 Å². The summed E-state index contributed by atoms with van der Waals surface area (Å²) in [6.07, 6.45) is 2.84. The number of para-hydroxylation sites is 1. The molecule has 4 rings (SSSR count). The number of piperidine rings is 1. The van der Waals surface area contributed by atoms with E-state index in [0.29, 0.717) is 37.9 Å². The maximum atomic E-state index is 14.5. The fourth-order valence-corrected chi connectivity index (χ4v) is 4.47. The number of nitrogens with one attached hydrogen (secondary N) is 1. The molecule has 1 saturated heterocycles. The zero-order chi connectivity index (χ0) is 22.0. The van der Waals surface area contributed by atoms with Gasteiger partial charge in [-0.3, -0.25) is 9.69 Å². The molecule has 2 aliphatic rings. The third-order valence-electron chi connectivity index (χ3n) is 6.40. The highest BCUT2D eigenvalue weighted by atomic mass is 19.1. The van der Waals surface area contributed by atoms with Crippen molar-refractivity contribution >= 4 is 16.8 Å². The van der Waals surface area contributed by atoms with Gasteiger partial charge in [0.2, 0.25) is 0 Å². The van der Waals surface area contributed by atoms with Gasteiger partial charge in [0.1, 0.15) is 23.1 Å². The van der Waals surface area contributed by atoms with Crippen LogP contribution >= 0.6 is 0 Å². The van der Waals surface area contributed by atoms with Gasteiger partial charge in [-0.1, -0.05) is 25.0 Å². The lowest BCUT2D eigenvalue weighted by atomic mass is 9.92. The van der Waals surface area contributed by atoms with Crippen molar-refractivity contribution in [2.24, 2.45) is 0 Å². The molecule has 0 unspecified atom stereocenters. The average molecular weight is 428 g/mol. The maximum Gasteiger partial charge on any atom is 0.270 e. The molecule has 0 spiro atoms. The minimum absolute atomic E-state index is 0.0965. The van der Waals surface area contributed by atoms with Crippen LogP contribution in [0.4, 0.5) is 8.78 Å². The second-order valence-electron chi connectivity index (χ2n) is 8.59. The molecule has 0 bridgehead atoms. The van der Waals surface area contributed by atoms with Gasteiger partial charge < -0.3 is 10.4 Å². The Hall–Kier alpha value is -2.63. The largest absolute Gasteiger partial charge is 0.391 e. The number of aliphatic hydroxyl groups is 1. The van der Waals surface area contributed by atoms with Crippen LogP contribution < -0.4 is 5.32 Å². The van der Waals surface area contributed by atoms with E-state index in [9.17, 15) is 18.7 Å².